The smallest absolute Gasteiger partial charge is 0.433 e. The van der Waals surface area contributed by atoms with Gasteiger partial charge in [0.1, 0.15) is 29.3 Å². The van der Waals surface area contributed by atoms with Crippen LogP contribution in [0.15, 0.2) is 22.0 Å². The predicted molar refractivity (Wildman–Crippen MR) is 85.3 cm³/mol. The number of rotatable bonds is 4. The predicted octanol–water partition coefficient (Wildman–Crippen LogP) is -1.63. The van der Waals surface area contributed by atoms with Crippen LogP contribution in [0.2, 0.25) is 0 Å². The first kappa shape index (κ1) is 18.6. The van der Waals surface area contributed by atoms with E-state index in [2.05, 4.69) is 5.32 Å². The first-order chi connectivity index (χ1) is 12.1. The molecule has 2 aliphatic heterocycles. The average molecular weight is 389 g/mol. The summed E-state index contributed by atoms with van der Waals surface area (Å²) in [7, 11) is 0. The van der Waals surface area contributed by atoms with Crippen LogP contribution in [0.25, 0.3) is 5.70 Å². The topological polar surface area (TPSA) is 202 Å². The fourth-order valence-electron chi connectivity index (χ4n) is 2.69. The first-order valence-electron chi connectivity index (χ1n) is 7.26. The van der Waals surface area contributed by atoms with E-state index in [0.29, 0.717) is 0 Å². The number of carboxylic acids is 1. The second-order valence-electron chi connectivity index (χ2n) is 5.75. The molecule has 13 heteroatoms. The van der Waals surface area contributed by atoms with E-state index in [0.717, 1.165) is 17.8 Å². The number of nitrogens with two attached hydrogens (primary N) is 1. The van der Waals surface area contributed by atoms with Gasteiger partial charge < -0.3 is 34.9 Å². The summed E-state index contributed by atoms with van der Waals surface area (Å²) in [6.07, 6.45) is -8.55. The van der Waals surface area contributed by atoms with E-state index in [4.69, 9.17) is 20.0 Å². The molecule has 142 valence electrons. The summed E-state index contributed by atoms with van der Waals surface area (Å²) in [6.45, 7) is 0. The van der Waals surface area contributed by atoms with Crippen molar-refractivity contribution >= 4 is 29.3 Å². The standard InChI is InChI=1S/C13H15N3O9S/c14-13(11-9(19)7(17)8(18)10(25-11)12(20)21)15-4(3-26-13)5-1-2-6(24-5)16(22)23/h1-3,7-11,15,17-19H,14H2,(H,20,21)/t7-,8-,9+,10-,11-,13+/m0/s1. The van der Waals surface area contributed by atoms with Crippen molar-refractivity contribution in [2.45, 2.75) is 35.5 Å². The Kier molecular flexibility index (Phi) is 4.68. The third-order valence-corrected chi connectivity index (χ3v) is 5.10. The van der Waals surface area contributed by atoms with E-state index in [1.54, 1.807) is 0 Å². The normalized spacial score (nSPS) is 37.1. The summed E-state index contributed by atoms with van der Waals surface area (Å²) in [5.41, 5.74) is 6.39. The van der Waals surface area contributed by atoms with Gasteiger partial charge in [0.05, 0.1) is 11.8 Å². The molecule has 3 rings (SSSR count). The minimum Gasteiger partial charge on any atom is -0.479 e. The van der Waals surface area contributed by atoms with Gasteiger partial charge in [-0.1, -0.05) is 11.8 Å². The van der Waals surface area contributed by atoms with Crippen molar-refractivity contribution in [2.75, 3.05) is 0 Å². The number of carboxylic acid groups (broad SMARTS) is 1. The summed E-state index contributed by atoms with van der Waals surface area (Å²) >= 11 is 0.897. The molecule has 26 heavy (non-hydrogen) atoms. The third kappa shape index (κ3) is 3.04. The highest BCUT2D eigenvalue weighted by molar-refractivity contribution is 8.03. The van der Waals surface area contributed by atoms with Crippen LogP contribution in [-0.4, -0.2) is 66.8 Å². The van der Waals surface area contributed by atoms with Gasteiger partial charge in [0.15, 0.2) is 16.9 Å². The highest BCUT2D eigenvalue weighted by Crippen LogP contribution is 2.40. The van der Waals surface area contributed by atoms with Crippen LogP contribution in [0.3, 0.4) is 0 Å². The van der Waals surface area contributed by atoms with Gasteiger partial charge in [0.25, 0.3) is 0 Å². The van der Waals surface area contributed by atoms with Gasteiger partial charge in [-0.3, -0.25) is 15.8 Å². The van der Waals surface area contributed by atoms with Crippen LogP contribution in [0.1, 0.15) is 5.76 Å². The minimum atomic E-state index is -1.84. The van der Waals surface area contributed by atoms with Gasteiger partial charge in [0, 0.05) is 5.41 Å². The van der Waals surface area contributed by atoms with Crippen LogP contribution in [0, 0.1) is 10.1 Å². The van der Waals surface area contributed by atoms with E-state index in [9.17, 15) is 30.2 Å². The number of hydrogen-bond acceptors (Lipinski definition) is 11. The summed E-state index contributed by atoms with van der Waals surface area (Å²) in [6, 6.07) is 2.48. The lowest BCUT2D eigenvalue weighted by atomic mass is 9.93. The molecular formula is C13H15N3O9S. The van der Waals surface area contributed by atoms with Crippen LogP contribution < -0.4 is 11.1 Å². The van der Waals surface area contributed by atoms with Crippen molar-refractivity contribution in [3.8, 4) is 0 Å². The molecule has 0 aromatic carbocycles. The summed E-state index contributed by atoms with van der Waals surface area (Å²) in [5.74, 6) is -1.92. The number of furan rings is 1. The summed E-state index contributed by atoms with van der Waals surface area (Å²) in [4.78, 5) is 19.6. The van der Waals surface area contributed by atoms with E-state index in [1.807, 2.05) is 0 Å². The lowest BCUT2D eigenvalue weighted by Crippen LogP contribution is -2.70. The molecule has 1 saturated heterocycles. The van der Waals surface area contributed by atoms with Crippen LogP contribution >= 0.6 is 11.8 Å². The second-order valence-corrected chi connectivity index (χ2v) is 6.90. The van der Waals surface area contributed by atoms with Gasteiger partial charge in [0.2, 0.25) is 0 Å². The molecule has 7 N–H and O–H groups in total. The SMILES string of the molecule is N[C@]1([C@H]2O[C@H](C(=O)O)[C@@H](O)[C@H](O)[C@H]2O)NC(c2ccc([N+](=O)[O-])o2)=CS1. The van der Waals surface area contributed by atoms with Crippen LogP contribution in [0.5, 0.6) is 0 Å². The first-order valence-corrected chi connectivity index (χ1v) is 8.14. The number of carbonyl (C=O) groups is 1. The van der Waals surface area contributed by atoms with Gasteiger partial charge in [-0.2, -0.15) is 0 Å². The number of ether oxygens (including phenoxy) is 1. The minimum absolute atomic E-state index is 0.0946. The van der Waals surface area contributed by atoms with E-state index >= 15 is 0 Å². The number of aliphatic hydroxyl groups is 3. The Bertz CT molecular complexity index is 768. The molecule has 2 aliphatic rings. The molecule has 3 heterocycles. The third-order valence-electron chi connectivity index (χ3n) is 4.02. The van der Waals surface area contributed by atoms with Crippen LogP contribution in [-0.2, 0) is 9.53 Å². The Morgan fingerprint density at radius 3 is 2.58 bits per heavy atom. The molecule has 0 radical (unpaired) electrons. The van der Waals surface area contributed by atoms with E-state index < -0.39 is 52.3 Å². The van der Waals surface area contributed by atoms with Gasteiger partial charge in [-0.25, -0.2) is 4.79 Å². The number of nitro groups is 1. The van der Waals surface area contributed by atoms with Crippen LogP contribution in [0.4, 0.5) is 5.88 Å². The highest BCUT2D eigenvalue weighted by atomic mass is 32.2. The maximum Gasteiger partial charge on any atom is 0.433 e. The molecule has 6 atom stereocenters. The zero-order valence-electron chi connectivity index (χ0n) is 12.9. The number of thioether (sulfide) groups is 1. The quantitative estimate of drug-likeness (QED) is 0.254. The van der Waals surface area contributed by atoms with Gasteiger partial charge >= 0.3 is 11.9 Å². The lowest BCUT2D eigenvalue weighted by molar-refractivity contribution is -0.402. The average Bonchev–Trinajstić information content (AvgIpc) is 3.20. The highest BCUT2D eigenvalue weighted by Gasteiger charge is 2.55. The molecule has 0 unspecified atom stereocenters. The molecule has 0 spiro atoms. The molecule has 0 saturated carbocycles. The molecular weight excluding hydrogens is 374 g/mol. The number of aliphatic carboxylic acids is 1. The van der Waals surface area contributed by atoms with Crippen molar-refractivity contribution in [3.05, 3.63) is 33.4 Å². The second kappa shape index (κ2) is 6.53. The Hall–Kier alpha value is -2.16. The zero-order chi connectivity index (χ0) is 19.2. The Labute approximate surface area is 149 Å². The maximum atomic E-state index is 11.2. The molecule has 1 fully saturated rings. The fourth-order valence-corrected chi connectivity index (χ4v) is 3.68. The number of hydrogen-bond donors (Lipinski definition) is 6. The van der Waals surface area contributed by atoms with Crippen molar-refractivity contribution < 1.29 is 39.3 Å². The Morgan fingerprint density at radius 2 is 2.00 bits per heavy atom. The molecule has 1 aromatic heterocycles. The van der Waals surface area contributed by atoms with Crippen molar-refractivity contribution in [3.63, 3.8) is 0 Å². The maximum absolute atomic E-state index is 11.2. The molecule has 0 amide bonds. The molecule has 1 aromatic rings. The Balaban J connectivity index is 1.80. The van der Waals surface area contributed by atoms with E-state index in [1.165, 1.54) is 11.5 Å². The lowest BCUT2D eigenvalue weighted by Gasteiger charge is -2.45. The monoisotopic (exact) mass is 389 g/mol. The number of aliphatic hydroxyl groups excluding tert-OH is 3. The summed E-state index contributed by atoms with van der Waals surface area (Å²) in [5, 5.41) is 53.8. The molecule has 0 aliphatic carbocycles. The van der Waals surface area contributed by atoms with Gasteiger partial charge in [-0.15, -0.1) is 0 Å². The van der Waals surface area contributed by atoms with Crippen molar-refractivity contribution in [2.24, 2.45) is 5.73 Å². The molecule has 12 nitrogen and oxygen atoms in total. The Morgan fingerprint density at radius 1 is 1.31 bits per heavy atom. The number of nitrogens with zero attached hydrogens (tertiary/aromatic N) is 1. The zero-order valence-corrected chi connectivity index (χ0v) is 13.7. The molecule has 0 bridgehead atoms. The largest absolute Gasteiger partial charge is 0.479 e. The summed E-state index contributed by atoms with van der Waals surface area (Å²) < 4.78 is 10.3. The van der Waals surface area contributed by atoms with Crippen molar-refractivity contribution in [1.82, 2.24) is 5.32 Å². The van der Waals surface area contributed by atoms with E-state index in [-0.39, 0.29) is 11.5 Å². The van der Waals surface area contributed by atoms with Gasteiger partial charge in [-0.05, 0) is 6.07 Å². The number of nitrogens with one attached hydrogen (secondary N) is 1. The van der Waals surface area contributed by atoms with Crippen molar-refractivity contribution in [1.29, 1.82) is 0 Å². The fraction of sp³-hybridized carbons (Fsp3) is 0.462.